The Hall–Kier alpha value is -3.56. The van der Waals surface area contributed by atoms with Crippen LogP contribution >= 0.6 is 0 Å². The third-order valence-corrected chi connectivity index (χ3v) is 7.62. The van der Waals surface area contributed by atoms with Gasteiger partial charge in [0, 0.05) is 18.3 Å². The van der Waals surface area contributed by atoms with Crippen LogP contribution in [0.15, 0.2) is 65.8 Å². The number of amides is 1. The quantitative estimate of drug-likeness (QED) is 0.386. The zero-order valence-corrected chi connectivity index (χ0v) is 19.1. The first-order valence-electron chi connectivity index (χ1n) is 10.5. The molecule has 2 aromatic heterocycles. The highest BCUT2D eigenvalue weighted by Gasteiger charge is 2.19. The van der Waals surface area contributed by atoms with Crippen molar-refractivity contribution in [1.29, 1.82) is 0 Å². The molecule has 2 heterocycles. The second-order valence-corrected chi connectivity index (χ2v) is 10.4. The average molecular weight is 465 g/mol. The second-order valence-electron chi connectivity index (χ2n) is 7.88. The molecule has 9 heteroatoms. The number of carbonyl (C=O) groups is 1. The molecule has 0 spiro atoms. The van der Waals surface area contributed by atoms with Gasteiger partial charge in [-0.15, -0.1) is 0 Å². The third-order valence-electron chi connectivity index (χ3n) is 5.45. The topological polar surface area (TPSA) is 125 Å². The second kappa shape index (κ2) is 9.13. The Labute approximate surface area is 191 Å². The van der Waals surface area contributed by atoms with Gasteiger partial charge in [0.1, 0.15) is 5.52 Å². The van der Waals surface area contributed by atoms with Crippen molar-refractivity contribution in [2.75, 3.05) is 0 Å². The summed E-state index contributed by atoms with van der Waals surface area (Å²) in [5.41, 5.74) is 4.03. The van der Waals surface area contributed by atoms with E-state index in [1.165, 1.54) is 0 Å². The lowest BCUT2D eigenvalue weighted by atomic mass is 10.1. The fraction of sp³-hybridized carbons (Fsp3) is 0.208. The van der Waals surface area contributed by atoms with Crippen LogP contribution in [0, 0.1) is 0 Å². The van der Waals surface area contributed by atoms with Crippen molar-refractivity contribution in [3.8, 4) is 11.3 Å². The van der Waals surface area contributed by atoms with Crippen LogP contribution in [0.5, 0.6) is 0 Å². The minimum absolute atomic E-state index is 0.106. The fourth-order valence-electron chi connectivity index (χ4n) is 3.45. The van der Waals surface area contributed by atoms with Crippen LogP contribution < -0.4 is 5.32 Å². The lowest BCUT2D eigenvalue weighted by Crippen LogP contribution is -2.23. The smallest absolute Gasteiger partial charge is 0.255 e. The molecule has 0 aliphatic rings. The molecule has 0 unspecified atom stereocenters. The molecule has 0 aliphatic carbocycles. The van der Waals surface area contributed by atoms with Gasteiger partial charge in [-0.25, -0.2) is 18.4 Å². The molecule has 0 saturated carbocycles. The molecule has 8 nitrogen and oxygen atoms in total. The number of nitrogens with zero attached hydrogens (tertiary/aromatic N) is 2. The molecule has 0 radical (unpaired) electrons. The molecule has 0 fully saturated rings. The van der Waals surface area contributed by atoms with Crippen LogP contribution in [0.1, 0.15) is 35.3 Å². The molecule has 33 heavy (non-hydrogen) atoms. The fourth-order valence-corrected chi connectivity index (χ4v) is 4.51. The summed E-state index contributed by atoms with van der Waals surface area (Å²) < 4.78 is 24.7. The molecule has 0 atom stereocenters. The molecule has 170 valence electrons. The van der Waals surface area contributed by atoms with E-state index >= 15 is 0 Å². The lowest BCUT2D eigenvalue weighted by molar-refractivity contribution is 0.0952. The van der Waals surface area contributed by atoms with E-state index < -0.39 is 15.1 Å². The third kappa shape index (κ3) is 4.50. The first-order valence-corrected chi connectivity index (χ1v) is 12.0. The molecule has 1 amide bonds. The van der Waals surface area contributed by atoms with Gasteiger partial charge < -0.3 is 15.4 Å². The number of benzene rings is 2. The van der Waals surface area contributed by atoms with Crippen molar-refractivity contribution in [1.82, 2.24) is 20.3 Å². The van der Waals surface area contributed by atoms with E-state index in [9.17, 15) is 18.3 Å². The highest BCUT2D eigenvalue weighted by molar-refractivity contribution is 7.92. The summed E-state index contributed by atoms with van der Waals surface area (Å²) in [6.07, 6.45) is 3.13. The van der Waals surface area contributed by atoms with E-state index in [1.54, 1.807) is 50.5 Å². The van der Waals surface area contributed by atoms with Gasteiger partial charge in [0.2, 0.25) is 0 Å². The highest BCUT2D eigenvalue weighted by atomic mass is 32.2. The zero-order chi connectivity index (χ0) is 23.6. The van der Waals surface area contributed by atoms with Gasteiger partial charge in [0.05, 0.1) is 34.2 Å². The number of fused-ring (bicyclic) bond motifs is 1. The summed E-state index contributed by atoms with van der Waals surface area (Å²) in [5, 5.41) is 11.8. The number of aromatic nitrogens is 3. The molecule has 0 aliphatic heterocycles. The number of hydrogen-bond donors (Lipinski definition) is 3. The van der Waals surface area contributed by atoms with Crippen LogP contribution in [-0.4, -0.2) is 39.6 Å². The number of aliphatic hydroxyl groups excluding tert-OH is 1. The van der Waals surface area contributed by atoms with E-state index in [1.807, 2.05) is 24.3 Å². The summed E-state index contributed by atoms with van der Waals surface area (Å²) in [5.74, 6) is -0.321. The summed E-state index contributed by atoms with van der Waals surface area (Å²) in [4.78, 5) is 25.0. The van der Waals surface area contributed by atoms with Crippen LogP contribution in [0.3, 0.4) is 0 Å². The minimum atomic E-state index is -3.36. The number of carbonyl (C=O) groups excluding carboxylic acids is 1. The van der Waals surface area contributed by atoms with Crippen molar-refractivity contribution in [3.05, 3.63) is 77.6 Å². The number of sulfone groups is 1. The predicted octanol–water partition coefficient (Wildman–Crippen LogP) is 3.23. The number of rotatable bonds is 7. The predicted molar refractivity (Wildman–Crippen MR) is 125 cm³/mol. The van der Waals surface area contributed by atoms with Crippen molar-refractivity contribution in [2.24, 2.45) is 0 Å². The van der Waals surface area contributed by atoms with Crippen molar-refractivity contribution in [3.63, 3.8) is 0 Å². The van der Waals surface area contributed by atoms with E-state index in [2.05, 4.69) is 20.3 Å². The van der Waals surface area contributed by atoms with Crippen LogP contribution in [0.4, 0.5) is 0 Å². The maximum atomic E-state index is 12.8. The van der Waals surface area contributed by atoms with Gasteiger partial charge in [-0.05, 0) is 37.1 Å². The maximum absolute atomic E-state index is 12.8. The van der Waals surface area contributed by atoms with Gasteiger partial charge in [-0.3, -0.25) is 4.79 Å². The van der Waals surface area contributed by atoms with E-state index in [0.717, 1.165) is 11.1 Å². The number of nitrogens with one attached hydrogen (secondary N) is 2. The number of aliphatic hydroxyl groups is 1. The van der Waals surface area contributed by atoms with Gasteiger partial charge in [0.25, 0.3) is 5.91 Å². The summed E-state index contributed by atoms with van der Waals surface area (Å²) in [6.45, 7) is 3.44. The largest absolute Gasteiger partial charge is 0.392 e. The monoisotopic (exact) mass is 464 g/mol. The number of H-pyrrole nitrogens is 1. The van der Waals surface area contributed by atoms with Gasteiger partial charge >= 0.3 is 0 Å². The standard InChI is InChI=1S/C24H24N4O4S/c1-15(2)33(31,32)19-9-7-16(8-10-19)21-13-26-23-22(28-21)20(12-25-23)24(30)27-11-17-5-3-4-6-18(17)14-29/h3-10,12-13,15,29H,11,14H2,1-2H3,(H,25,26)(H,27,30). The normalized spacial score (nSPS) is 11.8. The number of aromatic amines is 1. The molecule has 2 aromatic carbocycles. The summed E-state index contributed by atoms with van der Waals surface area (Å²) in [6, 6.07) is 13.8. The lowest BCUT2D eigenvalue weighted by Gasteiger charge is -2.09. The van der Waals surface area contributed by atoms with Crippen molar-refractivity contribution < 1.29 is 18.3 Å². The molecular formula is C24H24N4O4S. The maximum Gasteiger partial charge on any atom is 0.255 e. The van der Waals surface area contributed by atoms with Crippen molar-refractivity contribution in [2.45, 2.75) is 37.1 Å². The Kier molecular flexibility index (Phi) is 6.26. The Bertz CT molecular complexity index is 1410. The van der Waals surface area contributed by atoms with Crippen LogP contribution in [0.25, 0.3) is 22.4 Å². The average Bonchev–Trinajstić information content (AvgIpc) is 3.26. The van der Waals surface area contributed by atoms with Gasteiger partial charge in [-0.2, -0.15) is 0 Å². The van der Waals surface area contributed by atoms with E-state index in [4.69, 9.17) is 0 Å². The molecule has 0 bridgehead atoms. The zero-order valence-electron chi connectivity index (χ0n) is 18.2. The van der Waals surface area contributed by atoms with E-state index in [-0.39, 0.29) is 24.0 Å². The summed E-state index contributed by atoms with van der Waals surface area (Å²) >= 11 is 0. The van der Waals surface area contributed by atoms with E-state index in [0.29, 0.717) is 28.0 Å². The first-order chi connectivity index (χ1) is 15.8. The first kappa shape index (κ1) is 22.6. The molecule has 0 saturated heterocycles. The Morgan fingerprint density at radius 3 is 2.45 bits per heavy atom. The molecule has 4 aromatic rings. The molecule has 3 N–H and O–H groups in total. The van der Waals surface area contributed by atoms with Gasteiger partial charge in [-0.1, -0.05) is 36.4 Å². The SMILES string of the molecule is CC(C)S(=O)(=O)c1ccc(-c2cnc3[nH]cc(C(=O)NCc4ccccc4CO)c3n2)cc1. The van der Waals surface area contributed by atoms with Crippen molar-refractivity contribution >= 4 is 26.9 Å². The Balaban J connectivity index is 1.59. The Morgan fingerprint density at radius 1 is 1.09 bits per heavy atom. The molecular weight excluding hydrogens is 440 g/mol. The van der Waals surface area contributed by atoms with Gasteiger partial charge in [0.15, 0.2) is 15.5 Å². The highest BCUT2D eigenvalue weighted by Crippen LogP contribution is 2.24. The summed E-state index contributed by atoms with van der Waals surface area (Å²) in [7, 11) is -3.36. The Morgan fingerprint density at radius 2 is 1.79 bits per heavy atom. The van der Waals surface area contributed by atoms with Crippen LogP contribution in [0.2, 0.25) is 0 Å². The minimum Gasteiger partial charge on any atom is -0.392 e. The van der Waals surface area contributed by atoms with Crippen LogP contribution in [-0.2, 0) is 23.0 Å². The number of hydrogen-bond acceptors (Lipinski definition) is 6. The molecule has 4 rings (SSSR count).